The van der Waals surface area contributed by atoms with Gasteiger partial charge in [-0.3, -0.25) is 4.79 Å². The van der Waals surface area contributed by atoms with Gasteiger partial charge in [0.15, 0.2) is 0 Å². The van der Waals surface area contributed by atoms with Gasteiger partial charge in [-0.05, 0) is 18.2 Å². The van der Waals surface area contributed by atoms with Gasteiger partial charge in [-0.1, -0.05) is 44.0 Å². The molecule has 1 amide bonds. The summed E-state index contributed by atoms with van der Waals surface area (Å²) in [5.74, 6) is -0.0588. The highest BCUT2D eigenvalue weighted by molar-refractivity contribution is 9.12. The molecule has 1 aromatic carbocycles. The Hall–Kier alpha value is -0.350. The Morgan fingerprint density at radius 1 is 1.69 bits per heavy atom. The molecule has 1 aromatic rings. The molecule has 1 radical (unpaired) electrons. The van der Waals surface area contributed by atoms with Gasteiger partial charge in [0.2, 0.25) is 5.91 Å². The van der Waals surface area contributed by atoms with Gasteiger partial charge in [0.05, 0.1) is 0 Å². The minimum Gasteiger partial charge on any atom is -0.325 e. The lowest BCUT2D eigenvalue weighted by molar-refractivity contribution is -0.115. The SMILES string of the molecule is O=C(Nc1c[c]ccc1)C(Br)CBr. The summed E-state index contributed by atoms with van der Waals surface area (Å²) in [7, 11) is 0. The Labute approximate surface area is 94.0 Å². The topological polar surface area (TPSA) is 29.1 Å². The van der Waals surface area contributed by atoms with Crippen LogP contribution in [0.25, 0.3) is 0 Å². The van der Waals surface area contributed by atoms with Crippen LogP contribution in [0.1, 0.15) is 0 Å². The van der Waals surface area contributed by atoms with Gasteiger partial charge in [-0.15, -0.1) is 0 Å². The summed E-state index contributed by atoms with van der Waals surface area (Å²) in [5.41, 5.74) is 0.762. The Bertz CT molecular complexity index is 276. The Morgan fingerprint density at radius 2 is 2.46 bits per heavy atom. The number of amides is 1. The number of rotatable bonds is 3. The number of anilines is 1. The van der Waals surface area contributed by atoms with Gasteiger partial charge in [-0.25, -0.2) is 0 Å². The third kappa shape index (κ3) is 3.48. The maximum absolute atomic E-state index is 11.3. The highest BCUT2D eigenvalue weighted by Crippen LogP contribution is 2.09. The van der Waals surface area contributed by atoms with E-state index >= 15 is 0 Å². The molecule has 2 nitrogen and oxygen atoms in total. The van der Waals surface area contributed by atoms with Gasteiger partial charge in [0.1, 0.15) is 4.83 Å². The average Bonchev–Trinajstić information content (AvgIpc) is 2.18. The molecule has 0 aromatic heterocycles. The van der Waals surface area contributed by atoms with Crippen molar-refractivity contribution in [3.8, 4) is 0 Å². The highest BCUT2D eigenvalue weighted by Gasteiger charge is 2.12. The molecule has 4 heteroatoms. The van der Waals surface area contributed by atoms with Crippen molar-refractivity contribution in [3.05, 3.63) is 30.3 Å². The standard InChI is InChI=1S/C9H8Br2NO/c10-6-8(11)9(13)12-7-4-2-1-3-5-7/h1-2,4-5,8H,6H2,(H,12,13). The number of carbonyl (C=O) groups excluding carboxylic acids is 1. The zero-order valence-electron chi connectivity index (χ0n) is 6.76. The molecule has 0 spiro atoms. The Balaban J connectivity index is 2.55. The van der Waals surface area contributed by atoms with E-state index in [1.807, 2.05) is 12.1 Å². The molecule has 0 heterocycles. The summed E-state index contributed by atoms with van der Waals surface area (Å²) in [4.78, 5) is 11.1. The lowest BCUT2D eigenvalue weighted by atomic mass is 10.3. The van der Waals surface area contributed by atoms with E-state index in [0.29, 0.717) is 5.33 Å². The smallest absolute Gasteiger partial charge is 0.239 e. The summed E-state index contributed by atoms with van der Waals surface area (Å²) >= 11 is 6.44. The van der Waals surface area contributed by atoms with E-state index in [4.69, 9.17) is 0 Å². The lowest BCUT2D eigenvalue weighted by Gasteiger charge is -2.07. The van der Waals surface area contributed by atoms with Crippen LogP contribution in [0.3, 0.4) is 0 Å². The van der Waals surface area contributed by atoms with Gasteiger partial charge in [0.25, 0.3) is 0 Å². The number of carbonyl (C=O) groups is 1. The molecular weight excluding hydrogens is 298 g/mol. The molecule has 0 fully saturated rings. The first-order valence-corrected chi connectivity index (χ1v) is 5.75. The van der Waals surface area contributed by atoms with Crippen molar-refractivity contribution in [3.63, 3.8) is 0 Å². The maximum atomic E-state index is 11.3. The molecule has 1 N–H and O–H groups in total. The van der Waals surface area contributed by atoms with Crippen molar-refractivity contribution in [2.24, 2.45) is 0 Å². The van der Waals surface area contributed by atoms with Crippen LogP contribution in [0.4, 0.5) is 5.69 Å². The van der Waals surface area contributed by atoms with Crippen molar-refractivity contribution in [2.75, 3.05) is 10.6 Å². The molecular formula is C9H8Br2NO. The first-order valence-electron chi connectivity index (χ1n) is 3.71. The van der Waals surface area contributed by atoms with Crippen LogP contribution in [0.2, 0.25) is 0 Å². The second kappa shape index (κ2) is 5.40. The van der Waals surface area contributed by atoms with Crippen LogP contribution >= 0.6 is 31.9 Å². The quantitative estimate of drug-likeness (QED) is 0.855. The summed E-state index contributed by atoms with van der Waals surface area (Å²) in [6.07, 6.45) is 0. The fourth-order valence-corrected chi connectivity index (χ4v) is 1.17. The van der Waals surface area contributed by atoms with Crippen molar-refractivity contribution in [1.82, 2.24) is 0 Å². The summed E-state index contributed by atoms with van der Waals surface area (Å²) in [6.45, 7) is 0. The second-order valence-electron chi connectivity index (χ2n) is 2.40. The van der Waals surface area contributed by atoms with Crippen LogP contribution in [-0.2, 0) is 4.79 Å². The van der Waals surface area contributed by atoms with Crippen molar-refractivity contribution >= 4 is 43.5 Å². The van der Waals surface area contributed by atoms with E-state index in [1.165, 1.54) is 0 Å². The van der Waals surface area contributed by atoms with Gasteiger partial charge in [-0.2, -0.15) is 0 Å². The van der Waals surface area contributed by atoms with Crippen LogP contribution in [0.5, 0.6) is 0 Å². The van der Waals surface area contributed by atoms with Crippen molar-refractivity contribution in [1.29, 1.82) is 0 Å². The van der Waals surface area contributed by atoms with Crippen LogP contribution in [0, 0.1) is 6.07 Å². The van der Waals surface area contributed by atoms with Gasteiger partial charge in [0, 0.05) is 11.0 Å². The normalized spacial score (nSPS) is 12.2. The lowest BCUT2D eigenvalue weighted by Crippen LogP contribution is -2.23. The summed E-state index contributed by atoms with van der Waals surface area (Å²) < 4.78 is 0. The van der Waals surface area contributed by atoms with E-state index in [2.05, 4.69) is 43.2 Å². The molecule has 1 atom stereocenters. The molecule has 1 unspecified atom stereocenters. The molecule has 1 rings (SSSR count). The third-order valence-corrected chi connectivity index (χ3v) is 3.65. The van der Waals surface area contributed by atoms with E-state index in [9.17, 15) is 4.79 Å². The molecule has 13 heavy (non-hydrogen) atoms. The monoisotopic (exact) mass is 304 g/mol. The van der Waals surface area contributed by atoms with Crippen molar-refractivity contribution in [2.45, 2.75) is 4.83 Å². The predicted octanol–water partition coefficient (Wildman–Crippen LogP) is 2.58. The van der Waals surface area contributed by atoms with Crippen LogP contribution < -0.4 is 5.32 Å². The van der Waals surface area contributed by atoms with E-state index in [0.717, 1.165) is 5.69 Å². The minimum absolute atomic E-state index is 0.0588. The van der Waals surface area contributed by atoms with Crippen LogP contribution in [0.15, 0.2) is 24.3 Å². The van der Waals surface area contributed by atoms with E-state index in [-0.39, 0.29) is 10.7 Å². The Kier molecular flexibility index (Phi) is 4.45. The molecule has 0 aliphatic rings. The van der Waals surface area contributed by atoms with Crippen LogP contribution in [-0.4, -0.2) is 16.1 Å². The molecule has 0 aliphatic carbocycles. The third-order valence-electron chi connectivity index (χ3n) is 1.39. The molecule has 0 saturated heterocycles. The predicted molar refractivity (Wildman–Crippen MR) is 60.4 cm³/mol. The average molecular weight is 306 g/mol. The molecule has 69 valence electrons. The number of alkyl halides is 2. The number of hydrogen-bond acceptors (Lipinski definition) is 1. The minimum atomic E-state index is -0.201. The zero-order valence-corrected chi connectivity index (χ0v) is 9.93. The summed E-state index contributed by atoms with van der Waals surface area (Å²) in [5, 5.41) is 3.34. The van der Waals surface area contributed by atoms with Crippen molar-refractivity contribution < 1.29 is 4.79 Å². The molecule has 0 saturated carbocycles. The maximum Gasteiger partial charge on any atom is 0.239 e. The largest absolute Gasteiger partial charge is 0.325 e. The summed E-state index contributed by atoms with van der Waals surface area (Å²) in [6, 6.07) is 10.0. The number of hydrogen-bond donors (Lipinski definition) is 1. The fraction of sp³-hybridized carbons (Fsp3) is 0.222. The van der Waals surface area contributed by atoms with E-state index in [1.54, 1.807) is 12.1 Å². The second-order valence-corrected chi connectivity index (χ2v) is 4.16. The fourth-order valence-electron chi connectivity index (χ4n) is 0.762. The zero-order chi connectivity index (χ0) is 9.68. The molecule has 0 bridgehead atoms. The van der Waals surface area contributed by atoms with Gasteiger partial charge < -0.3 is 5.32 Å². The first kappa shape index (κ1) is 10.7. The number of halogens is 2. The number of nitrogens with one attached hydrogen (secondary N) is 1. The first-order chi connectivity index (χ1) is 6.24. The number of benzene rings is 1. The van der Waals surface area contributed by atoms with Gasteiger partial charge >= 0.3 is 0 Å². The Morgan fingerprint density at radius 3 is 3.00 bits per heavy atom. The van der Waals surface area contributed by atoms with E-state index < -0.39 is 0 Å². The highest BCUT2D eigenvalue weighted by atomic mass is 79.9. The molecule has 0 aliphatic heterocycles.